The van der Waals surface area contributed by atoms with Gasteiger partial charge in [-0.3, -0.25) is 0 Å². The number of halogens is 1. The van der Waals surface area contributed by atoms with Crippen LogP contribution in [0.2, 0.25) is 0 Å². The normalized spacial score (nSPS) is 24.5. The second-order valence-electron chi connectivity index (χ2n) is 5.00. The number of nitrogens with zero attached hydrogens (tertiary/aromatic N) is 2. The topological polar surface area (TPSA) is 27.0 Å². The molecule has 0 saturated carbocycles. The average Bonchev–Trinajstić information content (AvgIpc) is 2.32. The van der Waals surface area contributed by atoms with Crippen LogP contribution in [-0.4, -0.2) is 13.1 Å². The van der Waals surface area contributed by atoms with Crippen molar-refractivity contribution < 1.29 is 0 Å². The summed E-state index contributed by atoms with van der Waals surface area (Å²) in [4.78, 5) is 2.39. The van der Waals surface area contributed by atoms with Crippen molar-refractivity contribution in [2.24, 2.45) is 11.8 Å². The third-order valence-corrected chi connectivity index (χ3v) is 4.17. The Kier molecular flexibility index (Phi) is 3.73. The molecular weight excluding hydrogens is 276 g/mol. The second-order valence-corrected chi connectivity index (χ2v) is 5.91. The van der Waals surface area contributed by atoms with Crippen LogP contribution in [0.4, 0.5) is 5.69 Å². The van der Waals surface area contributed by atoms with E-state index in [1.54, 1.807) is 0 Å². The van der Waals surface area contributed by atoms with Gasteiger partial charge in [0.05, 0.1) is 11.6 Å². The lowest BCUT2D eigenvalue weighted by atomic mass is 9.88. The minimum absolute atomic E-state index is 0.716. The molecule has 0 bridgehead atoms. The lowest BCUT2D eigenvalue weighted by molar-refractivity contribution is 0.324. The van der Waals surface area contributed by atoms with Crippen molar-refractivity contribution in [2.45, 2.75) is 20.3 Å². The number of nitriles is 1. The quantitative estimate of drug-likeness (QED) is 0.787. The zero-order valence-electron chi connectivity index (χ0n) is 10.3. The van der Waals surface area contributed by atoms with Gasteiger partial charge in [0.25, 0.3) is 0 Å². The molecular formula is C14H17BrN2. The van der Waals surface area contributed by atoms with E-state index in [1.165, 1.54) is 6.42 Å². The summed E-state index contributed by atoms with van der Waals surface area (Å²) >= 11 is 3.47. The molecule has 3 heteroatoms. The number of benzene rings is 1. The Morgan fingerprint density at radius 2 is 2.06 bits per heavy atom. The van der Waals surface area contributed by atoms with E-state index in [2.05, 4.69) is 46.8 Å². The lowest BCUT2D eigenvalue weighted by Gasteiger charge is -2.37. The van der Waals surface area contributed by atoms with Crippen molar-refractivity contribution in [3.05, 3.63) is 28.2 Å². The van der Waals surface area contributed by atoms with Gasteiger partial charge in [0, 0.05) is 23.2 Å². The molecule has 1 aromatic rings. The Bertz CT molecular complexity index is 450. The van der Waals surface area contributed by atoms with Crippen LogP contribution in [0.15, 0.2) is 22.7 Å². The average molecular weight is 293 g/mol. The van der Waals surface area contributed by atoms with Crippen LogP contribution in [0.1, 0.15) is 25.8 Å². The van der Waals surface area contributed by atoms with Crippen LogP contribution in [0, 0.1) is 23.2 Å². The van der Waals surface area contributed by atoms with Crippen molar-refractivity contribution in [1.82, 2.24) is 0 Å². The highest BCUT2D eigenvalue weighted by Gasteiger charge is 2.23. The van der Waals surface area contributed by atoms with Crippen LogP contribution in [0.25, 0.3) is 0 Å². The van der Waals surface area contributed by atoms with Crippen molar-refractivity contribution >= 4 is 21.6 Å². The first-order chi connectivity index (χ1) is 8.10. The van der Waals surface area contributed by atoms with Crippen molar-refractivity contribution in [3.63, 3.8) is 0 Å². The zero-order valence-corrected chi connectivity index (χ0v) is 11.9. The fraction of sp³-hybridized carbons (Fsp3) is 0.500. The van der Waals surface area contributed by atoms with Gasteiger partial charge in [-0.2, -0.15) is 5.26 Å². The maximum atomic E-state index is 8.99. The smallest absolute Gasteiger partial charge is 0.0992 e. The molecule has 1 aliphatic heterocycles. The maximum absolute atomic E-state index is 8.99. The SMILES string of the molecule is CC1CCN(c2cc(Br)cc(C#N)c2)CC1C. The van der Waals surface area contributed by atoms with Gasteiger partial charge >= 0.3 is 0 Å². The minimum Gasteiger partial charge on any atom is -0.371 e. The largest absolute Gasteiger partial charge is 0.371 e. The molecule has 2 atom stereocenters. The Labute approximate surface area is 111 Å². The van der Waals surface area contributed by atoms with Gasteiger partial charge in [-0.15, -0.1) is 0 Å². The summed E-state index contributed by atoms with van der Waals surface area (Å²) in [5.74, 6) is 1.52. The van der Waals surface area contributed by atoms with Gasteiger partial charge in [-0.25, -0.2) is 0 Å². The van der Waals surface area contributed by atoms with E-state index in [9.17, 15) is 0 Å². The molecule has 17 heavy (non-hydrogen) atoms. The summed E-state index contributed by atoms with van der Waals surface area (Å²) < 4.78 is 0.984. The molecule has 2 unspecified atom stereocenters. The molecule has 1 heterocycles. The Hall–Kier alpha value is -1.01. The van der Waals surface area contributed by atoms with Crippen molar-refractivity contribution in [3.8, 4) is 6.07 Å². The summed E-state index contributed by atoms with van der Waals surface area (Å²) in [5, 5.41) is 8.99. The summed E-state index contributed by atoms with van der Waals surface area (Å²) in [7, 11) is 0. The first-order valence-corrected chi connectivity index (χ1v) is 6.85. The predicted octanol–water partition coefficient (Wildman–Crippen LogP) is 3.80. The number of anilines is 1. The van der Waals surface area contributed by atoms with Crippen LogP contribution < -0.4 is 4.90 Å². The Morgan fingerprint density at radius 1 is 1.29 bits per heavy atom. The zero-order chi connectivity index (χ0) is 12.4. The molecule has 0 spiro atoms. The fourth-order valence-electron chi connectivity index (χ4n) is 2.32. The van der Waals surface area contributed by atoms with Gasteiger partial charge in [-0.1, -0.05) is 29.8 Å². The van der Waals surface area contributed by atoms with E-state index in [4.69, 9.17) is 5.26 Å². The molecule has 0 amide bonds. The maximum Gasteiger partial charge on any atom is 0.0992 e. The number of piperidine rings is 1. The van der Waals surface area contributed by atoms with Crippen LogP contribution in [-0.2, 0) is 0 Å². The highest BCUT2D eigenvalue weighted by atomic mass is 79.9. The van der Waals surface area contributed by atoms with Gasteiger partial charge in [0.15, 0.2) is 0 Å². The predicted molar refractivity (Wildman–Crippen MR) is 74.0 cm³/mol. The van der Waals surface area contributed by atoms with Gasteiger partial charge in [-0.05, 0) is 36.5 Å². The molecule has 2 rings (SSSR count). The molecule has 1 aliphatic rings. The molecule has 2 nitrogen and oxygen atoms in total. The molecule has 0 aliphatic carbocycles. The van der Waals surface area contributed by atoms with Crippen molar-refractivity contribution in [1.29, 1.82) is 5.26 Å². The molecule has 1 saturated heterocycles. The molecule has 1 aromatic carbocycles. The molecule has 0 aromatic heterocycles. The monoisotopic (exact) mass is 292 g/mol. The first kappa shape index (κ1) is 12.4. The standard InChI is InChI=1S/C14H17BrN2/c1-10-3-4-17(9-11(10)2)14-6-12(8-16)5-13(15)7-14/h5-7,10-11H,3-4,9H2,1-2H3. The van der Waals surface area contributed by atoms with E-state index < -0.39 is 0 Å². The van der Waals surface area contributed by atoms with E-state index in [-0.39, 0.29) is 0 Å². The Morgan fingerprint density at radius 3 is 2.71 bits per heavy atom. The van der Waals surface area contributed by atoms with E-state index >= 15 is 0 Å². The lowest BCUT2D eigenvalue weighted by Crippen LogP contribution is -2.38. The van der Waals surface area contributed by atoms with Crippen LogP contribution >= 0.6 is 15.9 Å². The van der Waals surface area contributed by atoms with Crippen LogP contribution in [0.3, 0.4) is 0 Å². The summed E-state index contributed by atoms with van der Waals surface area (Å²) in [5.41, 5.74) is 1.88. The van der Waals surface area contributed by atoms with Gasteiger partial charge < -0.3 is 4.90 Å². The van der Waals surface area contributed by atoms with Crippen LogP contribution in [0.5, 0.6) is 0 Å². The fourth-order valence-corrected chi connectivity index (χ4v) is 2.80. The number of hydrogen-bond acceptors (Lipinski definition) is 2. The molecule has 0 N–H and O–H groups in total. The second kappa shape index (κ2) is 5.10. The summed E-state index contributed by atoms with van der Waals surface area (Å²) in [6, 6.07) is 8.15. The minimum atomic E-state index is 0.716. The summed E-state index contributed by atoms with van der Waals surface area (Å²) in [6.07, 6.45) is 1.23. The first-order valence-electron chi connectivity index (χ1n) is 6.06. The highest BCUT2D eigenvalue weighted by Crippen LogP contribution is 2.29. The molecule has 1 fully saturated rings. The highest BCUT2D eigenvalue weighted by molar-refractivity contribution is 9.10. The number of hydrogen-bond donors (Lipinski definition) is 0. The molecule has 0 radical (unpaired) electrons. The third-order valence-electron chi connectivity index (χ3n) is 3.71. The van der Waals surface area contributed by atoms with Gasteiger partial charge in [0.1, 0.15) is 0 Å². The van der Waals surface area contributed by atoms with E-state index in [1.807, 2.05) is 12.1 Å². The Balaban J connectivity index is 2.23. The number of rotatable bonds is 1. The van der Waals surface area contributed by atoms with E-state index in [0.717, 1.165) is 34.7 Å². The third kappa shape index (κ3) is 2.81. The van der Waals surface area contributed by atoms with Crippen molar-refractivity contribution in [2.75, 3.05) is 18.0 Å². The van der Waals surface area contributed by atoms with E-state index in [0.29, 0.717) is 5.92 Å². The van der Waals surface area contributed by atoms with Gasteiger partial charge in [0.2, 0.25) is 0 Å². The summed E-state index contributed by atoms with van der Waals surface area (Å²) in [6.45, 7) is 6.80. The molecule has 90 valence electrons.